The summed E-state index contributed by atoms with van der Waals surface area (Å²) in [6, 6.07) is 5.31. The SMILES string of the molecule is O=C(O)Cc1ccc(F)c(-c2cc(Cl)c(Cl)c(Cl)c2)n1. The fourth-order valence-corrected chi connectivity index (χ4v) is 2.23. The van der Waals surface area contributed by atoms with Crippen molar-refractivity contribution in [1.82, 2.24) is 4.98 Å². The van der Waals surface area contributed by atoms with E-state index in [4.69, 9.17) is 39.9 Å². The van der Waals surface area contributed by atoms with Gasteiger partial charge in [-0.15, -0.1) is 0 Å². The summed E-state index contributed by atoms with van der Waals surface area (Å²) >= 11 is 17.6. The van der Waals surface area contributed by atoms with E-state index in [1.165, 1.54) is 18.2 Å². The molecule has 1 aromatic carbocycles. The highest BCUT2D eigenvalue weighted by atomic mass is 35.5. The van der Waals surface area contributed by atoms with E-state index in [2.05, 4.69) is 4.98 Å². The van der Waals surface area contributed by atoms with Gasteiger partial charge in [0.15, 0.2) is 0 Å². The number of pyridine rings is 1. The van der Waals surface area contributed by atoms with Crippen LogP contribution in [-0.2, 0) is 11.2 Å². The molecule has 2 rings (SSSR count). The Kier molecular flexibility index (Phi) is 4.48. The largest absolute Gasteiger partial charge is 0.481 e. The molecule has 0 radical (unpaired) electrons. The molecule has 0 bridgehead atoms. The van der Waals surface area contributed by atoms with E-state index >= 15 is 0 Å². The molecule has 0 saturated carbocycles. The van der Waals surface area contributed by atoms with Gasteiger partial charge in [0.05, 0.1) is 27.2 Å². The Morgan fingerprint density at radius 2 is 1.80 bits per heavy atom. The quantitative estimate of drug-likeness (QED) is 0.842. The van der Waals surface area contributed by atoms with Crippen molar-refractivity contribution >= 4 is 40.8 Å². The highest BCUT2D eigenvalue weighted by molar-refractivity contribution is 6.48. The molecule has 0 saturated heterocycles. The van der Waals surface area contributed by atoms with Crippen molar-refractivity contribution in [2.24, 2.45) is 0 Å². The lowest BCUT2D eigenvalue weighted by molar-refractivity contribution is -0.136. The predicted molar refractivity (Wildman–Crippen MR) is 76.0 cm³/mol. The van der Waals surface area contributed by atoms with Gasteiger partial charge in [-0.2, -0.15) is 0 Å². The third kappa shape index (κ3) is 3.20. The first-order valence-corrected chi connectivity index (χ1v) is 6.54. The molecule has 0 amide bonds. The molecule has 104 valence electrons. The monoisotopic (exact) mass is 333 g/mol. The summed E-state index contributed by atoms with van der Waals surface area (Å²) in [4.78, 5) is 14.6. The molecule has 0 aliphatic heterocycles. The zero-order valence-electron chi connectivity index (χ0n) is 9.83. The Morgan fingerprint density at radius 3 is 2.35 bits per heavy atom. The molecule has 0 spiro atoms. The molecule has 0 unspecified atom stereocenters. The van der Waals surface area contributed by atoms with Crippen LogP contribution < -0.4 is 0 Å². The summed E-state index contributed by atoms with van der Waals surface area (Å²) in [5, 5.41) is 9.23. The summed E-state index contributed by atoms with van der Waals surface area (Å²) in [5.41, 5.74) is 0.537. The van der Waals surface area contributed by atoms with Crippen LogP contribution in [0.3, 0.4) is 0 Å². The zero-order valence-corrected chi connectivity index (χ0v) is 12.1. The number of carboxylic acids is 1. The Labute approximate surface area is 128 Å². The van der Waals surface area contributed by atoms with Crippen LogP contribution in [0.25, 0.3) is 11.3 Å². The molecule has 1 N–H and O–H groups in total. The smallest absolute Gasteiger partial charge is 0.309 e. The molecular weight excluding hydrogens is 328 g/mol. The van der Waals surface area contributed by atoms with Crippen molar-refractivity contribution < 1.29 is 14.3 Å². The average molecular weight is 335 g/mol. The van der Waals surface area contributed by atoms with Crippen molar-refractivity contribution in [2.45, 2.75) is 6.42 Å². The van der Waals surface area contributed by atoms with Crippen LogP contribution in [0.5, 0.6) is 0 Å². The fourth-order valence-electron chi connectivity index (χ4n) is 1.63. The van der Waals surface area contributed by atoms with Gasteiger partial charge in [-0.3, -0.25) is 4.79 Å². The molecule has 7 heteroatoms. The summed E-state index contributed by atoms with van der Waals surface area (Å²) in [7, 11) is 0. The second-order valence-electron chi connectivity index (χ2n) is 3.96. The minimum absolute atomic E-state index is 0.0239. The van der Waals surface area contributed by atoms with E-state index in [0.29, 0.717) is 5.56 Å². The Bertz CT molecular complexity index is 668. The van der Waals surface area contributed by atoms with E-state index < -0.39 is 11.8 Å². The normalized spacial score (nSPS) is 10.6. The van der Waals surface area contributed by atoms with Gasteiger partial charge in [0.25, 0.3) is 0 Å². The molecule has 0 aliphatic rings. The number of carboxylic acid groups (broad SMARTS) is 1. The fraction of sp³-hybridized carbons (Fsp3) is 0.0769. The first-order valence-electron chi connectivity index (χ1n) is 5.40. The third-order valence-electron chi connectivity index (χ3n) is 2.49. The lowest BCUT2D eigenvalue weighted by Crippen LogP contribution is -2.04. The van der Waals surface area contributed by atoms with Gasteiger partial charge in [0.2, 0.25) is 0 Å². The summed E-state index contributed by atoms with van der Waals surface area (Å²) < 4.78 is 13.8. The predicted octanol–water partition coefficient (Wildman–Crippen LogP) is 4.48. The van der Waals surface area contributed by atoms with E-state index in [9.17, 15) is 9.18 Å². The number of rotatable bonds is 3. The third-order valence-corrected chi connectivity index (χ3v) is 3.69. The van der Waals surface area contributed by atoms with Gasteiger partial charge < -0.3 is 5.11 Å². The minimum Gasteiger partial charge on any atom is -0.481 e. The van der Waals surface area contributed by atoms with Crippen LogP contribution in [0.2, 0.25) is 15.1 Å². The number of aromatic nitrogens is 1. The molecule has 20 heavy (non-hydrogen) atoms. The van der Waals surface area contributed by atoms with Crippen LogP contribution in [0, 0.1) is 5.82 Å². The molecule has 3 nitrogen and oxygen atoms in total. The first kappa shape index (κ1) is 15.0. The number of carbonyl (C=O) groups is 1. The number of hydrogen-bond donors (Lipinski definition) is 1. The second kappa shape index (κ2) is 5.95. The molecular formula is C13H7Cl3FNO2. The highest BCUT2D eigenvalue weighted by Gasteiger charge is 2.14. The van der Waals surface area contributed by atoms with Gasteiger partial charge in [0, 0.05) is 5.56 Å². The maximum Gasteiger partial charge on any atom is 0.309 e. The maximum atomic E-state index is 13.8. The number of aliphatic carboxylic acids is 1. The van der Waals surface area contributed by atoms with Crippen LogP contribution in [0.1, 0.15) is 5.69 Å². The number of nitrogens with zero attached hydrogens (tertiary/aromatic N) is 1. The van der Waals surface area contributed by atoms with Crippen LogP contribution >= 0.6 is 34.8 Å². The summed E-state index contributed by atoms with van der Waals surface area (Å²) in [6.07, 6.45) is -0.303. The van der Waals surface area contributed by atoms with Crippen molar-refractivity contribution in [3.8, 4) is 11.3 Å². The summed E-state index contributed by atoms with van der Waals surface area (Å²) in [6.45, 7) is 0. The van der Waals surface area contributed by atoms with Crippen LogP contribution in [0.15, 0.2) is 24.3 Å². The lowest BCUT2D eigenvalue weighted by atomic mass is 10.1. The van der Waals surface area contributed by atoms with Gasteiger partial charge in [0.1, 0.15) is 11.5 Å². The van der Waals surface area contributed by atoms with Gasteiger partial charge in [-0.25, -0.2) is 9.37 Å². The lowest BCUT2D eigenvalue weighted by Gasteiger charge is -2.07. The van der Waals surface area contributed by atoms with E-state index in [0.717, 1.165) is 6.07 Å². The molecule has 2 aromatic rings. The topological polar surface area (TPSA) is 50.2 Å². The Morgan fingerprint density at radius 1 is 1.20 bits per heavy atom. The zero-order chi connectivity index (χ0) is 14.9. The van der Waals surface area contributed by atoms with Crippen molar-refractivity contribution in [3.05, 3.63) is 50.8 Å². The number of hydrogen-bond acceptors (Lipinski definition) is 2. The van der Waals surface area contributed by atoms with Gasteiger partial charge in [-0.05, 0) is 24.3 Å². The molecule has 0 atom stereocenters. The highest BCUT2D eigenvalue weighted by Crippen LogP contribution is 2.35. The van der Waals surface area contributed by atoms with Crippen molar-refractivity contribution in [1.29, 1.82) is 0 Å². The number of halogens is 4. The Balaban J connectivity index is 2.54. The maximum absolute atomic E-state index is 13.8. The second-order valence-corrected chi connectivity index (χ2v) is 5.15. The Hall–Kier alpha value is -1.36. The summed E-state index contributed by atoms with van der Waals surface area (Å²) in [5.74, 6) is -1.66. The van der Waals surface area contributed by atoms with E-state index in [-0.39, 0.29) is 32.9 Å². The van der Waals surface area contributed by atoms with E-state index in [1.807, 2.05) is 0 Å². The molecule has 1 aromatic heterocycles. The van der Waals surface area contributed by atoms with Crippen LogP contribution in [-0.4, -0.2) is 16.1 Å². The number of benzene rings is 1. The van der Waals surface area contributed by atoms with E-state index in [1.54, 1.807) is 0 Å². The van der Waals surface area contributed by atoms with Crippen LogP contribution in [0.4, 0.5) is 4.39 Å². The molecule has 0 aliphatic carbocycles. The standard InChI is InChI=1S/C13H7Cl3FNO2/c14-8-3-6(4-9(15)12(8)16)13-10(17)2-1-7(18-13)5-11(19)20/h1-4H,5H2,(H,19,20). The minimum atomic E-state index is -1.05. The van der Waals surface area contributed by atoms with Crippen molar-refractivity contribution in [3.63, 3.8) is 0 Å². The van der Waals surface area contributed by atoms with Gasteiger partial charge in [-0.1, -0.05) is 34.8 Å². The van der Waals surface area contributed by atoms with Crippen molar-refractivity contribution in [2.75, 3.05) is 0 Å². The molecule has 0 fully saturated rings. The average Bonchev–Trinajstić information content (AvgIpc) is 2.37. The first-order chi connectivity index (χ1) is 9.38. The molecule has 1 heterocycles. The van der Waals surface area contributed by atoms with Gasteiger partial charge >= 0.3 is 5.97 Å².